The van der Waals surface area contributed by atoms with Gasteiger partial charge in [0.25, 0.3) is 0 Å². The van der Waals surface area contributed by atoms with Gasteiger partial charge in [0.1, 0.15) is 5.75 Å². The first-order valence-corrected chi connectivity index (χ1v) is 6.02. The van der Waals surface area contributed by atoms with E-state index in [2.05, 4.69) is 4.98 Å². The van der Waals surface area contributed by atoms with E-state index in [1.54, 1.807) is 26.8 Å². The second-order valence-electron chi connectivity index (χ2n) is 4.15. The zero-order valence-corrected chi connectivity index (χ0v) is 10.1. The molecule has 0 saturated heterocycles. The van der Waals surface area contributed by atoms with Crippen LogP contribution in [0.3, 0.4) is 0 Å². The molecule has 1 heterocycles. The van der Waals surface area contributed by atoms with Crippen LogP contribution >= 0.6 is 0 Å². The molecule has 15 heavy (non-hydrogen) atoms. The Labute approximate surface area is 90.2 Å². The first kappa shape index (κ1) is 12.0. The molecule has 0 bridgehead atoms. The van der Waals surface area contributed by atoms with Crippen molar-refractivity contribution >= 4 is 9.84 Å². The van der Waals surface area contributed by atoms with Crippen molar-refractivity contribution in [3.8, 4) is 5.75 Å². The Hall–Kier alpha value is -1.10. The lowest BCUT2D eigenvalue weighted by Gasteiger charge is -2.18. The fourth-order valence-corrected chi connectivity index (χ4v) is 2.03. The summed E-state index contributed by atoms with van der Waals surface area (Å²) in [4.78, 5) is 3.87. The highest BCUT2D eigenvalue weighted by Gasteiger charge is 2.31. The van der Waals surface area contributed by atoms with Crippen molar-refractivity contribution in [3.05, 3.63) is 18.3 Å². The van der Waals surface area contributed by atoms with E-state index in [9.17, 15) is 8.42 Å². The lowest BCUT2D eigenvalue weighted by atomic mass is 10.3. The average molecular weight is 229 g/mol. The Balaban J connectivity index is 3.18. The summed E-state index contributed by atoms with van der Waals surface area (Å²) in [6, 6.07) is 3.05. The summed E-state index contributed by atoms with van der Waals surface area (Å²) in [5.41, 5.74) is 0. The number of ether oxygens (including phenoxy) is 1. The van der Waals surface area contributed by atoms with Crippen LogP contribution in [0.25, 0.3) is 0 Å². The van der Waals surface area contributed by atoms with Gasteiger partial charge in [0.15, 0.2) is 14.9 Å². The van der Waals surface area contributed by atoms with Crippen LogP contribution in [-0.4, -0.2) is 25.3 Å². The van der Waals surface area contributed by atoms with Gasteiger partial charge in [-0.3, -0.25) is 0 Å². The molecule has 4 nitrogen and oxygen atoms in total. The van der Waals surface area contributed by atoms with Crippen molar-refractivity contribution in [2.45, 2.75) is 30.5 Å². The van der Waals surface area contributed by atoms with Gasteiger partial charge in [-0.1, -0.05) is 0 Å². The molecular weight excluding hydrogens is 214 g/mol. The highest BCUT2D eigenvalue weighted by atomic mass is 32.2. The molecule has 0 saturated carbocycles. The summed E-state index contributed by atoms with van der Waals surface area (Å²) >= 11 is 0. The summed E-state index contributed by atoms with van der Waals surface area (Å²) in [5, 5.41) is 0.0794. The lowest BCUT2D eigenvalue weighted by Crippen LogP contribution is -2.28. The van der Waals surface area contributed by atoms with Crippen molar-refractivity contribution in [3.63, 3.8) is 0 Å². The van der Waals surface area contributed by atoms with Crippen LogP contribution in [0.1, 0.15) is 20.8 Å². The Morgan fingerprint density at radius 3 is 2.20 bits per heavy atom. The second kappa shape index (κ2) is 3.81. The van der Waals surface area contributed by atoms with Crippen molar-refractivity contribution in [1.29, 1.82) is 0 Å². The number of nitrogens with zero attached hydrogens (tertiary/aromatic N) is 1. The fraction of sp³-hybridized carbons (Fsp3) is 0.500. The number of hydrogen-bond donors (Lipinski definition) is 0. The zero-order chi connectivity index (χ0) is 11.7. The molecule has 84 valence electrons. The Morgan fingerprint density at radius 1 is 1.27 bits per heavy atom. The molecule has 0 atom stereocenters. The predicted molar refractivity (Wildman–Crippen MR) is 57.7 cm³/mol. The molecule has 0 unspecified atom stereocenters. The first-order chi connectivity index (χ1) is 6.79. The monoisotopic (exact) mass is 229 g/mol. The van der Waals surface area contributed by atoms with Gasteiger partial charge in [-0.05, 0) is 32.9 Å². The number of sulfone groups is 1. The summed E-state index contributed by atoms with van der Waals surface area (Å²) in [7, 11) is -1.86. The molecule has 0 aliphatic carbocycles. The van der Waals surface area contributed by atoms with Crippen LogP contribution in [0.15, 0.2) is 23.4 Å². The molecule has 0 aliphatic rings. The van der Waals surface area contributed by atoms with E-state index >= 15 is 0 Å². The quantitative estimate of drug-likeness (QED) is 0.774. The van der Waals surface area contributed by atoms with E-state index in [1.165, 1.54) is 19.4 Å². The molecule has 0 amide bonds. The molecular formula is C10H15NO3S. The van der Waals surface area contributed by atoms with Gasteiger partial charge in [0.2, 0.25) is 0 Å². The van der Waals surface area contributed by atoms with Gasteiger partial charge in [-0.2, -0.15) is 0 Å². The second-order valence-corrected chi connectivity index (χ2v) is 6.80. The van der Waals surface area contributed by atoms with E-state index in [-0.39, 0.29) is 5.03 Å². The smallest absolute Gasteiger partial charge is 0.200 e. The minimum Gasteiger partial charge on any atom is -0.495 e. The normalized spacial score (nSPS) is 12.5. The van der Waals surface area contributed by atoms with Gasteiger partial charge < -0.3 is 4.74 Å². The topological polar surface area (TPSA) is 56.3 Å². The fourth-order valence-electron chi connectivity index (χ4n) is 0.960. The van der Waals surface area contributed by atoms with E-state index in [4.69, 9.17) is 4.74 Å². The van der Waals surface area contributed by atoms with Crippen molar-refractivity contribution in [2.24, 2.45) is 0 Å². The molecule has 0 radical (unpaired) electrons. The summed E-state index contributed by atoms with van der Waals surface area (Å²) < 4.78 is 28.0. The maximum atomic E-state index is 12.0. The van der Waals surface area contributed by atoms with E-state index in [0.29, 0.717) is 5.75 Å². The van der Waals surface area contributed by atoms with Gasteiger partial charge in [-0.15, -0.1) is 0 Å². The highest BCUT2D eigenvalue weighted by Crippen LogP contribution is 2.23. The molecule has 0 aliphatic heterocycles. The van der Waals surface area contributed by atoms with E-state index in [1.807, 2.05) is 0 Å². The third-order valence-corrected chi connectivity index (χ3v) is 4.43. The van der Waals surface area contributed by atoms with Crippen molar-refractivity contribution in [2.75, 3.05) is 7.11 Å². The predicted octanol–water partition coefficient (Wildman–Crippen LogP) is 1.66. The Kier molecular flexibility index (Phi) is 3.04. The summed E-state index contributed by atoms with van der Waals surface area (Å²) in [5.74, 6) is 0.544. The Morgan fingerprint density at radius 2 is 1.87 bits per heavy atom. The van der Waals surface area contributed by atoms with Crippen LogP contribution in [0.4, 0.5) is 0 Å². The largest absolute Gasteiger partial charge is 0.495 e. The molecule has 1 rings (SSSR count). The molecule has 0 spiro atoms. The van der Waals surface area contributed by atoms with Gasteiger partial charge in [0, 0.05) is 0 Å². The van der Waals surface area contributed by atoms with Crippen LogP contribution in [-0.2, 0) is 9.84 Å². The third-order valence-electron chi connectivity index (χ3n) is 2.03. The van der Waals surface area contributed by atoms with Crippen LogP contribution in [0, 0.1) is 0 Å². The average Bonchev–Trinajstić information content (AvgIpc) is 2.16. The molecule has 5 heteroatoms. The molecule has 0 aromatic carbocycles. The van der Waals surface area contributed by atoms with Crippen LogP contribution in [0.2, 0.25) is 0 Å². The molecule has 1 aromatic rings. The number of rotatable bonds is 2. The minimum absolute atomic E-state index is 0.0794. The van der Waals surface area contributed by atoms with Gasteiger partial charge in [0.05, 0.1) is 18.1 Å². The molecule has 0 fully saturated rings. The number of pyridine rings is 1. The van der Waals surface area contributed by atoms with Crippen molar-refractivity contribution in [1.82, 2.24) is 4.98 Å². The molecule has 0 N–H and O–H groups in total. The maximum Gasteiger partial charge on any atom is 0.200 e. The lowest BCUT2D eigenvalue weighted by molar-refractivity contribution is 0.412. The maximum absolute atomic E-state index is 12.0. The van der Waals surface area contributed by atoms with Crippen molar-refractivity contribution < 1.29 is 13.2 Å². The molecule has 1 aromatic heterocycles. The number of aromatic nitrogens is 1. The standard InChI is InChI=1S/C10H15NO3S/c1-10(2,3)15(12,13)9-6-5-8(14-4)7-11-9/h5-7H,1-4H3. The third kappa shape index (κ3) is 2.28. The number of hydrogen-bond acceptors (Lipinski definition) is 4. The Bertz CT molecular complexity index is 429. The zero-order valence-electron chi connectivity index (χ0n) is 9.31. The number of methoxy groups -OCH3 is 1. The first-order valence-electron chi connectivity index (χ1n) is 4.54. The summed E-state index contributed by atoms with van der Waals surface area (Å²) in [6.07, 6.45) is 1.40. The van der Waals surface area contributed by atoms with Crippen LogP contribution < -0.4 is 4.74 Å². The highest BCUT2D eigenvalue weighted by molar-refractivity contribution is 7.92. The van der Waals surface area contributed by atoms with E-state index in [0.717, 1.165) is 0 Å². The van der Waals surface area contributed by atoms with E-state index < -0.39 is 14.6 Å². The minimum atomic E-state index is -3.37. The summed E-state index contributed by atoms with van der Waals surface area (Å²) in [6.45, 7) is 4.94. The van der Waals surface area contributed by atoms with Gasteiger partial charge >= 0.3 is 0 Å². The SMILES string of the molecule is COc1ccc(S(=O)(=O)C(C)(C)C)nc1. The van der Waals surface area contributed by atoms with Crippen LogP contribution in [0.5, 0.6) is 5.75 Å². The van der Waals surface area contributed by atoms with Gasteiger partial charge in [-0.25, -0.2) is 13.4 Å².